The van der Waals surface area contributed by atoms with Gasteiger partial charge in [0.15, 0.2) is 0 Å². The molecule has 1 rings (SSSR count). The predicted octanol–water partition coefficient (Wildman–Crippen LogP) is 4.03. The minimum Gasteiger partial charge on any atom is -0.113 e. The average Bonchev–Trinajstić information content (AvgIpc) is 2.47. The smallest absolute Gasteiger partial charge is 0.0186 e. The normalized spacial score (nSPS) is 29.1. The summed E-state index contributed by atoms with van der Waals surface area (Å²) in [6, 6.07) is 0. The zero-order valence-corrected chi connectivity index (χ0v) is 11.4. The van der Waals surface area contributed by atoms with Crippen molar-refractivity contribution in [3.63, 3.8) is 0 Å². The second-order valence-corrected chi connectivity index (χ2v) is 10.0. The molecule has 13 heavy (non-hydrogen) atoms. The summed E-state index contributed by atoms with van der Waals surface area (Å²) in [4.78, 5) is 0. The van der Waals surface area contributed by atoms with Crippen LogP contribution in [0.3, 0.4) is 0 Å². The summed E-state index contributed by atoms with van der Waals surface area (Å²) in [5.41, 5.74) is 1.12. The maximum atomic E-state index is 2.47. The van der Waals surface area contributed by atoms with Gasteiger partial charge in [0.1, 0.15) is 0 Å². The summed E-state index contributed by atoms with van der Waals surface area (Å²) >= 11 is 0. The lowest BCUT2D eigenvalue weighted by Crippen LogP contribution is -2.12. The first-order valence-corrected chi connectivity index (χ1v) is 10.1. The molecular weight excluding hydrogens is 194 g/mol. The van der Waals surface area contributed by atoms with Crippen molar-refractivity contribution < 1.29 is 0 Å². The molecule has 0 bridgehead atoms. The first-order chi connectivity index (χ1) is 6.11. The minimum atomic E-state index is 0.335. The first-order valence-electron chi connectivity index (χ1n) is 5.42. The van der Waals surface area contributed by atoms with Crippen molar-refractivity contribution in [1.82, 2.24) is 0 Å². The Bertz CT molecular complexity index is 143. The van der Waals surface area contributed by atoms with E-state index >= 15 is 0 Å². The molecule has 0 amide bonds. The van der Waals surface area contributed by atoms with Crippen LogP contribution in [0.4, 0.5) is 0 Å². The Morgan fingerprint density at radius 2 is 1.77 bits per heavy atom. The molecule has 0 aromatic heterocycles. The second kappa shape index (κ2) is 5.67. The lowest BCUT2D eigenvalue weighted by Gasteiger charge is -2.24. The van der Waals surface area contributed by atoms with Crippen molar-refractivity contribution >= 4 is 15.8 Å². The van der Waals surface area contributed by atoms with Gasteiger partial charge >= 0.3 is 0 Å². The molecule has 0 aromatic carbocycles. The predicted molar refractivity (Wildman–Crippen MR) is 68.1 cm³/mol. The molecule has 1 fully saturated rings. The van der Waals surface area contributed by atoms with Crippen molar-refractivity contribution in [2.24, 2.45) is 5.92 Å². The van der Waals surface area contributed by atoms with E-state index in [1.165, 1.54) is 31.8 Å². The van der Waals surface area contributed by atoms with Crippen molar-refractivity contribution in [1.29, 1.82) is 0 Å². The highest BCUT2D eigenvalue weighted by Crippen LogP contribution is 2.48. The van der Waals surface area contributed by atoms with Crippen molar-refractivity contribution in [3.05, 3.63) is 0 Å². The van der Waals surface area contributed by atoms with E-state index in [9.17, 15) is 0 Å². The van der Waals surface area contributed by atoms with Crippen LogP contribution in [-0.2, 0) is 0 Å². The summed E-state index contributed by atoms with van der Waals surface area (Å²) in [6.45, 7) is 9.78. The van der Waals surface area contributed by atoms with Gasteiger partial charge in [-0.15, -0.1) is 15.8 Å². The molecule has 1 aliphatic rings. The summed E-state index contributed by atoms with van der Waals surface area (Å²) in [5, 5.41) is 0. The maximum Gasteiger partial charge on any atom is -0.0186 e. The second-order valence-electron chi connectivity index (χ2n) is 4.81. The van der Waals surface area contributed by atoms with E-state index in [4.69, 9.17) is 0 Å². The Morgan fingerprint density at radius 3 is 2.31 bits per heavy atom. The highest BCUT2D eigenvalue weighted by Gasteiger charge is 2.28. The van der Waals surface area contributed by atoms with Gasteiger partial charge in [0.2, 0.25) is 0 Å². The van der Waals surface area contributed by atoms with Gasteiger partial charge in [-0.2, -0.15) is 0 Å². The zero-order chi connectivity index (χ0) is 9.84. The third-order valence-corrected chi connectivity index (χ3v) is 6.39. The summed E-state index contributed by atoms with van der Waals surface area (Å²) in [6.07, 6.45) is 7.63. The molecule has 0 aliphatic heterocycles. The molecule has 0 heterocycles. The van der Waals surface area contributed by atoms with Gasteiger partial charge in [0.25, 0.3) is 0 Å². The molecule has 0 N–H and O–H groups in total. The fourth-order valence-electron chi connectivity index (χ4n) is 2.46. The van der Waals surface area contributed by atoms with E-state index in [0.717, 1.165) is 11.6 Å². The summed E-state index contributed by atoms with van der Waals surface area (Å²) in [7, 11) is 0.688. The quantitative estimate of drug-likeness (QED) is 0.625. The molecular formula is C11H24P2. The third-order valence-electron chi connectivity index (χ3n) is 3.23. The van der Waals surface area contributed by atoms with Crippen LogP contribution in [0.5, 0.6) is 0 Å². The van der Waals surface area contributed by atoms with Gasteiger partial charge in [-0.1, -0.05) is 6.42 Å². The van der Waals surface area contributed by atoms with Gasteiger partial charge in [0, 0.05) is 0 Å². The highest BCUT2D eigenvalue weighted by molar-refractivity contribution is 7.57. The van der Waals surface area contributed by atoms with Crippen LogP contribution < -0.4 is 0 Å². The standard InChI is InChI=1S/C11H24P2/c1-12(2)9-8-10-6-5-7-11(10)13(3)4/h10-11H,5-9H2,1-4H3. The SMILES string of the molecule is CP(C)CCC1CCCC1P(C)C. The molecule has 0 radical (unpaired) electrons. The topological polar surface area (TPSA) is 0 Å². The maximum absolute atomic E-state index is 2.47. The van der Waals surface area contributed by atoms with Crippen LogP contribution in [0, 0.1) is 5.92 Å². The van der Waals surface area contributed by atoms with Crippen LogP contribution in [0.25, 0.3) is 0 Å². The Balaban J connectivity index is 2.31. The molecule has 0 nitrogen and oxygen atoms in total. The molecule has 2 heteroatoms. The van der Waals surface area contributed by atoms with E-state index < -0.39 is 0 Å². The molecule has 0 spiro atoms. The van der Waals surface area contributed by atoms with Crippen LogP contribution in [0.2, 0.25) is 0 Å². The fraction of sp³-hybridized carbons (Fsp3) is 1.00. The summed E-state index contributed by atoms with van der Waals surface area (Å²) in [5.74, 6) is 1.10. The number of rotatable bonds is 4. The van der Waals surface area contributed by atoms with Crippen molar-refractivity contribution in [2.45, 2.75) is 31.3 Å². The van der Waals surface area contributed by atoms with Crippen molar-refractivity contribution in [2.75, 3.05) is 32.8 Å². The van der Waals surface area contributed by atoms with Crippen LogP contribution in [0.15, 0.2) is 0 Å². The third kappa shape index (κ3) is 3.85. The average molecular weight is 218 g/mol. The van der Waals surface area contributed by atoms with Crippen LogP contribution >= 0.6 is 15.8 Å². The monoisotopic (exact) mass is 218 g/mol. The first kappa shape index (κ1) is 11.9. The summed E-state index contributed by atoms with van der Waals surface area (Å²) < 4.78 is 0. The zero-order valence-electron chi connectivity index (χ0n) is 9.58. The molecule has 78 valence electrons. The van der Waals surface area contributed by atoms with Gasteiger partial charge in [-0.25, -0.2) is 0 Å². The van der Waals surface area contributed by atoms with Crippen LogP contribution in [0.1, 0.15) is 25.7 Å². The molecule has 1 saturated carbocycles. The van der Waals surface area contributed by atoms with E-state index in [2.05, 4.69) is 26.7 Å². The Labute approximate surface area is 86.4 Å². The number of hydrogen-bond acceptors (Lipinski definition) is 0. The molecule has 0 aromatic rings. The van der Waals surface area contributed by atoms with E-state index in [1.54, 1.807) is 0 Å². The largest absolute Gasteiger partial charge is 0.113 e. The Kier molecular flexibility index (Phi) is 5.21. The van der Waals surface area contributed by atoms with Crippen LogP contribution in [-0.4, -0.2) is 38.5 Å². The molecule has 2 unspecified atom stereocenters. The van der Waals surface area contributed by atoms with Crippen molar-refractivity contribution in [3.8, 4) is 0 Å². The Hall–Kier alpha value is 0.860. The Morgan fingerprint density at radius 1 is 1.08 bits per heavy atom. The lowest BCUT2D eigenvalue weighted by molar-refractivity contribution is 0.541. The highest BCUT2D eigenvalue weighted by atomic mass is 31.1. The fourth-order valence-corrected chi connectivity index (χ4v) is 5.15. The number of hydrogen-bond donors (Lipinski definition) is 0. The molecule has 1 aliphatic carbocycles. The molecule has 0 saturated heterocycles. The van der Waals surface area contributed by atoms with E-state index in [1.807, 2.05) is 0 Å². The molecule has 2 atom stereocenters. The minimum absolute atomic E-state index is 0.335. The van der Waals surface area contributed by atoms with E-state index in [-0.39, 0.29) is 0 Å². The van der Waals surface area contributed by atoms with Gasteiger partial charge in [-0.05, 0) is 63.7 Å². The lowest BCUT2D eigenvalue weighted by atomic mass is 10.1. The van der Waals surface area contributed by atoms with Gasteiger partial charge in [-0.3, -0.25) is 0 Å². The van der Waals surface area contributed by atoms with E-state index in [0.29, 0.717) is 15.8 Å². The van der Waals surface area contributed by atoms with Gasteiger partial charge in [0.05, 0.1) is 0 Å². The van der Waals surface area contributed by atoms with Gasteiger partial charge < -0.3 is 0 Å².